The molecule has 0 spiro atoms. The fraction of sp³-hybridized carbons (Fsp3) is 1.00. The summed E-state index contributed by atoms with van der Waals surface area (Å²) in [6, 6.07) is 3.11. The molecule has 0 amide bonds. The smallest absolute Gasteiger partial charge is 0.0479 e. The lowest BCUT2D eigenvalue weighted by Gasteiger charge is -2.39. The van der Waals surface area contributed by atoms with Crippen molar-refractivity contribution in [2.45, 2.75) is 51.9 Å². The Morgan fingerprint density at radius 1 is 1.20 bits per heavy atom. The van der Waals surface area contributed by atoms with Gasteiger partial charge in [0.1, 0.15) is 0 Å². The Hall–Kier alpha value is 0.217. The Kier molecular flexibility index (Phi) is 1.97. The molecule has 1 heterocycles. The quantitative estimate of drug-likeness (QED) is 0.471. The van der Waals surface area contributed by atoms with Crippen LogP contribution in [-0.4, -0.2) is 8.07 Å². The molecule has 60 valence electrons. The van der Waals surface area contributed by atoms with E-state index in [1.165, 1.54) is 12.8 Å². The predicted molar refractivity (Wildman–Crippen MR) is 50.1 cm³/mol. The Morgan fingerprint density at radius 3 is 2.10 bits per heavy atom. The molecule has 10 heavy (non-hydrogen) atoms. The maximum atomic E-state index is 2.54. The highest BCUT2D eigenvalue weighted by Gasteiger charge is 2.33. The molecular formula is C9H20Si. The van der Waals surface area contributed by atoms with Gasteiger partial charge < -0.3 is 0 Å². The largest absolute Gasteiger partial charge is 0.0693 e. The maximum Gasteiger partial charge on any atom is 0.0479 e. The molecular weight excluding hydrogens is 136 g/mol. The van der Waals surface area contributed by atoms with E-state index >= 15 is 0 Å². The van der Waals surface area contributed by atoms with E-state index in [1.54, 1.807) is 12.1 Å². The van der Waals surface area contributed by atoms with E-state index in [-0.39, 0.29) is 0 Å². The van der Waals surface area contributed by atoms with Gasteiger partial charge in [0.25, 0.3) is 0 Å². The van der Waals surface area contributed by atoms with E-state index in [1.807, 2.05) is 0 Å². The normalized spacial score (nSPS) is 30.0. The first-order chi connectivity index (χ1) is 4.41. The second-order valence-electron chi connectivity index (χ2n) is 5.36. The van der Waals surface area contributed by atoms with E-state index in [0.29, 0.717) is 5.41 Å². The summed E-state index contributed by atoms with van der Waals surface area (Å²) in [7, 11) is -0.726. The highest BCUT2D eigenvalue weighted by atomic mass is 28.3. The molecule has 1 rings (SSSR count). The third-order valence-corrected chi connectivity index (χ3v) is 6.29. The maximum absolute atomic E-state index is 2.54. The molecule has 0 aromatic heterocycles. The first-order valence-corrected chi connectivity index (χ1v) is 7.83. The molecule has 1 fully saturated rings. The lowest BCUT2D eigenvalue weighted by atomic mass is 9.90. The van der Waals surface area contributed by atoms with Crippen molar-refractivity contribution < 1.29 is 0 Å². The fourth-order valence-electron chi connectivity index (χ4n) is 2.52. The second-order valence-corrected chi connectivity index (χ2v) is 10.5. The summed E-state index contributed by atoms with van der Waals surface area (Å²) in [5, 5.41) is 0. The number of hydrogen-bond acceptors (Lipinski definition) is 0. The third-order valence-electron chi connectivity index (χ3n) is 2.66. The lowest BCUT2D eigenvalue weighted by Crippen LogP contribution is -2.36. The third kappa shape index (κ3) is 2.12. The molecule has 0 aromatic carbocycles. The van der Waals surface area contributed by atoms with Gasteiger partial charge in [-0.3, -0.25) is 0 Å². The molecule has 0 aliphatic carbocycles. The summed E-state index contributed by atoms with van der Waals surface area (Å²) in [6.07, 6.45) is 2.95. The zero-order valence-electron chi connectivity index (χ0n) is 7.83. The average molecular weight is 156 g/mol. The van der Waals surface area contributed by atoms with Crippen LogP contribution in [0.4, 0.5) is 0 Å². The molecule has 1 aliphatic rings. The van der Waals surface area contributed by atoms with Crippen LogP contribution in [0.1, 0.15) is 26.7 Å². The van der Waals surface area contributed by atoms with Crippen molar-refractivity contribution in [1.82, 2.24) is 0 Å². The molecule has 0 atom stereocenters. The van der Waals surface area contributed by atoms with E-state index < -0.39 is 8.07 Å². The van der Waals surface area contributed by atoms with E-state index in [4.69, 9.17) is 0 Å². The van der Waals surface area contributed by atoms with Crippen molar-refractivity contribution >= 4 is 8.07 Å². The Balaban J connectivity index is 2.56. The van der Waals surface area contributed by atoms with Gasteiger partial charge in [-0.25, -0.2) is 0 Å². The van der Waals surface area contributed by atoms with Gasteiger partial charge in [-0.1, -0.05) is 45.5 Å². The van der Waals surface area contributed by atoms with Gasteiger partial charge in [0.2, 0.25) is 0 Å². The van der Waals surface area contributed by atoms with Crippen LogP contribution in [0, 0.1) is 5.41 Å². The van der Waals surface area contributed by atoms with Crippen LogP contribution in [0.2, 0.25) is 25.2 Å². The minimum Gasteiger partial charge on any atom is -0.0693 e. The Bertz CT molecular complexity index is 111. The summed E-state index contributed by atoms with van der Waals surface area (Å²) in [5.41, 5.74) is 0.675. The fourth-order valence-corrected chi connectivity index (χ4v) is 6.60. The number of rotatable bonds is 0. The standard InChI is InChI=1S/C9H20Si/c1-9(2)6-5-7-10(3,4)8-9/h5-8H2,1-4H3. The van der Waals surface area contributed by atoms with Crippen LogP contribution >= 0.6 is 0 Å². The first-order valence-electron chi connectivity index (χ1n) is 4.41. The lowest BCUT2D eigenvalue weighted by molar-refractivity contribution is 0.350. The van der Waals surface area contributed by atoms with Crippen molar-refractivity contribution in [3.8, 4) is 0 Å². The van der Waals surface area contributed by atoms with Gasteiger partial charge >= 0.3 is 0 Å². The SMILES string of the molecule is CC1(C)CCC[Si](C)(C)C1. The van der Waals surface area contributed by atoms with Crippen molar-refractivity contribution in [2.75, 3.05) is 0 Å². The molecule has 0 radical (unpaired) electrons. The van der Waals surface area contributed by atoms with Crippen LogP contribution in [0.15, 0.2) is 0 Å². The van der Waals surface area contributed by atoms with Crippen LogP contribution in [0.5, 0.6) is 0 Å². The molecule has 1 heteroatoms. The van der Waals surface area contributed by atoms with Crippen LogP contribution in [0.3, 0.4) is 0 Å². The molecule has 0 bridgehead atoms. The monoisotopic (exact) mass is 156 g/mol. The van der Waals surface area contributed by atoms with Crippen molar-refractivity contribution in [3.63, 3.8) is 0 Å². The highest BCUT2D eigenvalue weighted by Crippen LogP contribution is 2.40. The Morgan fingerprint density at radius 2 is 1.80 bits per heavy atom. The zero-order valence-corrected chi connectivity index (χ0v) is 8.83. The second kappa shape index (κ2) is 2.37. The predicted octanol–water partition coefficient (Wildman–Crippen LogP) is 3.51. The summed E-state index contributed by atoms with van der Waals surface area (Å²) >= 11 is 0. The topological polar surface area (TPSA) is 0 Å². The number of hydrogen-bond donors (Lipinski definition) is 0. The van der Waals surface area contributed by atoms with Gasteiger partial charge in [-0.15, -0.1) is 0 Å². The van der Waals surface area contributed by atoms with Crippen molar-refractivity contribution in [3.05, 3.63) is 0 Å². The van der Waals surface area contributed by atoms with E-state index in [9.17, 15) is 0 Å². The highest BCUT2D eigenvalue weighted by molar-refractivity contribution is 6.77. The van der Waals surface area contributed by atoms with E-state index in [0.717, 1.165) is 0 Å². The van der Waals surface area contributed by atoms with Gasteiger partial charge in [0, 0.05) is 8.07 Å². The van der Waals surface area contributed by atoms with Crippen LogP contribution < -0.4 is 0 Å². The van der Waals surface area contributed by atoms with Gasteiger partial charge in [-0.05, 0) is 11.8 Å². The van der Waals surface area contributed by atoms with Crippen molar-refractivity contribution in [2.24, 2.45) is 5.41 Å². The average Bonchev–Trinajstić information content (AvgIpc) is 1.56. The summed E-state index contributed by atoms with van der Waals surface area (Å²) < 4.78 is 0. The zero-order chi connectivity index (χ0) is 7.83. The van der Waals surface area contributed by atoms with Crippen LogP contribution in [0.25, 0.3) is 0 Å². The molecule has 1 aliphatic heterocycles. The first kappa shape index (κ1) is 8.31. The molecule has 1 saturated heterocycles. The van der Waals surface area contributed by atoms with Crippen LogP contribution in [-0.2, 0) is 0 Å². The minimum absolute atomic E-state index is 0.675. The van der Waals surface area contributed by atoms with Gasteiger partial charge in [0.15, 0.2) is 0 Å². The molecule has 0 N–H and O–H groups in total. The van der Waals surface area contributed by atoms with E-state index in [2.05, 4.69) is 26.9 Å². The molecule has 0 saturated carbocycles. The van der Waals surface area contributed by atoms with Gasteiger partial charge in [-0.2, -0.15) is 0 Å². The van der Waals surface area contributed by atoms with Gasteiger partial charge in [0.05, 0.1) is 0 Å². The summed E-state index contributed by atoms with van der Waals surface area (Å²) in [6.45, 7) is 9.93. The molecule has 0 unspecified atom stereocenters. The van der Waals surface area contributed by atoms with Crippen molar-refractivity contribution in [1.29, 1.82) is 0 Å². The Labute approximate surface area is 66.0 Å². The summed E-state index contributed by atoms with van der Waals surface area (Å²) in [5.74, 6) is 0. The molecule has 0 nitrogen and oxygen atoms in total. The molecule has 0 aromatic rings. The summed E-state index contributed by atoms with van der Waals surface area (Å²) in [4.78, 5) is 0. The minimum atomic E-state index is -0.726.